The molecule has 1 fully saturated rings. The van der Waals surface area contributed by atoms with Gasteiger partial charge in [-0.3, -0.25) is 9.69 Å². The fourth-order valence-corrected chi connectivity index (χ4v) is 4.33. The van der Waals surface area contributed by atoms with Crippen LogP contribution < -0.4 is 5.32 Å². The predicted molar refractivity (Wildman–Crippen MR) is 91.5 cm³/mol. The van der Waals surface area contributed by atoms with Crippen LogP contribution in [0.5, 0.6) is 0 Å². The van der Waals surface area contributed by atoms with Crippen molar-refractivity contribution in [3.05, 3.63) is 71.3 Å². The van der Waals surface area contributed by atoms with E-state index in [4.69, 9.17) is 11.6 Å². The Balaban J connectivity index is 1.65. The van der Waals surface area contributed by atoms with Gasteiger partial charge in [-0.2, -0.15) is 0 Å². The summed E-state index contributed by atoms with van der Waals surface area (Å²) >= 11 is 6.84. The molecule has 0 bridgehead atoms. The maximum atomic E-state index is 12.2. The summed E-state index contributed by atoms with van der Waals surface area (Å²) < 4.78 is 0. The fraction of sp³-hybridized carbons (Fsp3) is 0.316. The minimum atomic E-state index is -0.0888. The van der Waals surface area contributed by atoms with Crippen LogP contribution in [-0.2, 0) is 6.54 Å². The Morgan fingerprint density at radius 2 is 1.83 bits per heavy atom. The lowest BCUT2D eigenvalue weighted by atomic mass is 9.87. The molecule has 2 aliphatic heterocycles. The number of nitrogens with zero attached hydrogens (tertiary/aromatic N) is 1. The third-order valence-corrected chi connectivity index (χ3v) is 5.49. The van der Waals surface area contributed by atoms with Crippen LogP contribution in [0.15, 0.2) is 54.6 Å². The van der Waals surface area contributed by atoms with Crippen LogP contribution in [0.3, 0.4) is 0 Å². The van der Waals surface area contributed by atoms with E-state index in [1.54, 1.807) is 0 Å². The summed E-state index contributed by atoms with van der Waals surface area (Å²) in [7, 11) is 0. The largest absolute Gasteiger partial charge is 0.352 e. The van der Waals surface area contributed by atoms with E-state index in [1.165, 1.54) is 5.56 Å². The molecule has 3 atom stereocenters. The van der Waals surface area contributed by atoms with Crippen molar-refractivity contribution >= 4 is 17.5 Å². The first-order valence-corrected chi connectivity index (χ1v) is 8.47. The number of nitrogens with one attached hydrogen (secondary N) is 1. The second kappa shape index (κ2) is 5.99. The quantitative estimate of drug-likeness (QED) is 0.679. The van der Waals surface area contributed by atoms with Crippen molar-refractivity contribution in [1.29, 1.82) is 0 Å². The summed E-state index contributed by atoms with van der Waals surface area (Å²) in [4.78, 5) is 14.6. The zero-order chi connectivity index (χ0) is 15.8. The first kappa shape index (κ1) is 14.7. The average molecular weight is 327 g/mol. The Hall–Kier alpha value is -1.84. The highest BCUT2D eigenvalue weighted by molar-refractivity contribution is 6.21. The predicted octanol–water partition coefficient (Wildman–Crippen LogP) is 3.21. The van der Waals surface area contributed by atoms with Crippen LogP contribution in [-0.4, -0.2) is 29.4 Å². The van der Waals surface area contributed by atoms with Crippen molar-refractivity contribution in [3.8, 4) is 0 Å². The van der Waals surface area contributed by atoms with Crippen LogP contribution in [0.25, 0.3) is 0 Å². The fourth-order valence-electron chi connectivity index (χ4n) is 3.84. The minimum Gasteiger partial charge on any atom is -0.352 e. The zero-order valence-corrected chi connectivity index (χ0v) is 13.5. The molecule has 0 saturated carbocycles. The maximum absolute atomic E-state index is 12.2. The molecule has 0 spiro atoms. The highest BCUT2D eigenvalue weighted by Crippen LogP contribution is 2.42. The van der Waals surface area contributed by atoms with Crippen molar-refractivity contribution in [3.63, 3.8) is 0 Å². The molecule has 4 rings (SSSR count). The van der Waals surface area contributed by atoms with Gasteiger partial charge in [0, 0.05) is 31.1 Å². The van der Waals surface area contributed by atoms with Crippen molar-refractivity contribution < 1.29 is 4.79 Å². The summed E-state index contributed by atoms with van der Waals surface area (Å²) in [5.41, 5.74) is 3.04. The first-order chi connectivity index (χ1) is 11.2. The first-order valence-electron chi connectivity index (χ1n) is 8.03. The third-order valence-electron chi connectivity index (χ3n) is 4.94. The van der Waals surface area contributed by atoms with Gasteiger partial charge in [-0.15, -0.1) is 11.6 Å². The Labute approximate surface area is 141 Å². The van der Waals surface area contributed by atoms with Crippen molar-refractivity contribution in [2.24, 2.45) is 5.92 Å². The molecular formula is C19H19ClN2O. The molecule has 1 saturated heterocycles. The van der Waals surface area contributed by atoms with Gasteiger partial charge in [0.05, 0.1) is 5.50 Å². The SMILES string of the molecule is O=C1NC[C@@H]2CN(Cc3ccccc3)C(Cl)[C@H]2c2ccccc21. The van der Waals surface area contributed by atoms with Gasteiger partial charge >= 0.3 is 0 Å². The number of fused-ring (bicyclic) bond motifs is 3. The summed E-state index contributed by atoms with van der Waals surface area (Å²) in [6.07, 6.45) is 0. The van der Waals surface area contributed by atoms with Gasteiger partial charge in [-0.1, -0.05) is 48.5 Å². The highest BCUT2D eigenvalue weighted by Gasteiger charge is 2.44. The molecule has 1 amide bonds. The van der Waals surface area contributed by atoms with E-state index in [-0.39, 0.29) is 17.3 Å². The van der Waals surface area contributed by atoms with E-state index < -0.39 is 0 Å². The number of carbonyl (C=O) groups is 1. The molecule has 2 heterocycles. The molecule has 2 aromatic carbocycles. The van der Waals surface area contributed by atoms with Gasteiger partial charge in [0.25, 0.3) is 5.91 Å². The van der Waals surface area contributed by atoms with Crippen molar-refractivity contribution in [2.45, 2.75) is 18.0 Å². The summed E-state index contributed by atoms with van der Waals surface area (Å²) in [5, 5.41) is 3.05. The van der Waals surface area contributed by atoms with E-state index in [1.807, 2.05) is 24.3 Å². The molecule has 0 aromatic heterocycles. The number of likely N-dealkylation sites (tertiary alicyclic amines) is 1. The molecule has 1 unspecified atom stereocenters. The molecule has 118 valence electrons. The van der Waals surface area contributed by atoms with Crippen LogP contribution in [0, 0.1) is 5.92 Å². The summed E-state index contributed by atoms with van der Waals surface area (Å²) in [6, 6.07) is 18.3. The Morgan fingerprint density at radius 1 is 1.09 bits per heavy atom. The van der Waals surface area contributed by atoms with Gasteiger partial charge in [-0.25, -0.2) is 0 Å². The molecule has 0 aliphatic carbocycles. The topological polar surface area (TPSA) is 32.3 Å². The Kier molecular flexibility index (Phi) is 3.83. The molecule has 4 heteroatoms. The number of hydrogen-bond donors (Lipinski definition) is 1. The summed E-state index contributed by atoms with van der Waals surface area (Å²) in [5.74, 6) is 0.567. The standard InChI is InChI=1S/C19H19ClN2O/c20-18-17-14(12-22(18)11-13-6-2-1-3-7-13)10-21-19(23)16-9-5-4-8-15(16)17/h1-9,14,17-18H,10-12H2,(H,21,23)/t14-,17-,18?/m1/s1. The van der Waals surface area contributed by atoms with Gasteiger partial charge in [0.1, 0.15) is 0 Å². The highest BCUT2D eigenvalue weighted by atomic mass is 35.5. The molecule has 0 radical (unpaired) electrons. The van der Waals surface area contributed by atoms with E-state index in [0.717, 1.165) is 24.2 Å². The minimum absolute atomic E-state index is 0.0217. The van der Waals surface area contributed by atoms with E-state index in [0.29, 0.717) is 12.5 Å². The maximum Gasteiger partial charge on any atom is 0.251 e. The zero-order valence-electron chi connectivity index (χ0n) is 12.8. The van der Waals surface area contributed by atoms with E-state index in [2.05, 4.69) is 40.5 Å². The number of rotatable bonds is 2. The molecule has 23 heavy (non-hydrogen) atoms. The lowest BCUT2D eigenvalue weighted by Gasteiger charge is -2.23. The number of alkyl halides is 1. The third kappa shape index (κ3) is 2.64. The lowest BCUT2D eigenvalue weighted by Crippen LogP contribution is -2.30. The normalized spacial score (nSPS) is 27.0. The molecule has 1 N–H and O–H groups in total. The molecule has 2 aromatic rings. The van der Waals surface area contributed by atoms with Crippen LogP contribution in [0.4, 0.5) is 0 Å². The van der Waals surface area contributed by atoms with Crippen molar-refractivity contribution in [1.82, 2.24) is 10.2 Å². The lowest BCUT2D eigenvalue weighted by molar-refractivity contribution is 0.0951. The number of benzene rings is 2. The van der Waals surface area contributed by atoms with Crippen LogP contribution in [0.2, 0.25) is 0 Å². The smallest absolute Gasteiger partial charge is 0.251 e. The number of hydrogen-bond acceptors (Lipinski definition) is 2. The molecule has 3 nitrogen and oxygen atoms in total. The molecular weight excluding hydrogens is 308 g/mol. The average Bonchev–Trinajstić information content (AvgIpc) is 2.81. The monoisotopic (exact) mass is 326 g/mol. The Bertz CT molecular complexity index is 718. The number of halogens is 1. The van der Waals surface area contributed by atoms with Gasteiger partial charge in [0.15, 0.2) is 0 Å². The second-order valence-corrected chi connectivity index (χ2v) is 6.82. The van der Waals surface area contributed by atoms with Gasteiger partial charge in [0.2, 0.25) is 0 Å². The number of carbonyl (C=O) groups excluding carboxylic acids is 1. The van der Waals surface area contributed by atoms with Crippen LogP contribution >= 0.6 is 11.6 Å². The Morgan fingerprint density at radius 3 is 2.65 bits per heavy atom. The van der Waals surface area contributed by atoms with E-state index >= 15 is 0 Å². The van der Waals surface area contributed by atoms with E-state index in [9.17, 15) is 4.79 Å². The molecule has 2 aliphatic rings. The van der Waals surface area contributed by atoms with Gasteiger partial charge < -0.3 is 5.32 Å². The van der Waals surface area contributed by atoms with Gasteiger partial charge in [-0.05, 0) is 23.1 Å². The summed E-state index contributed by atoms with van der Waals surface area (Å²) in [6.45, 7) is 2.44. The van der Waals surface area contributed by atoms with Crippen LogP contribution in [0.1, 0.15) is 27.4 Å². The number of amides is 1. The van der Waals surface area contributed by atoms with Crippen molar-refractivity contribution in [2.75, 3.05) is 13.1 Å². The second-order valence-electron chi connectivity index (χ2n) is 6.37.